The minimum absolute atomic E-state index is 0.0828. The van der Waals surface area contributed by atoms with Crippen molar-refractivity contribution in [1.82, 2.24) is 0 Å². The van der Waals surface area contributed by atoms with Crippen molar-refractivity contribution in [3.05, 3.63) is 245 Å². The molecule has 0 bridgehead atoms. The van der Waals surface area contributed by atoms with Gasteiger partial charge in [-0.2, -0.15) is 0 Å². The number of nitrogens with zero attached hydrogens (tertiary/aromatic N) is 1. The third kappa shape index (κ3) is 5.37. The van der Waals surface area contributed by atoms with E-state index in [1.807, 2.05) is 0 Å². The van der Waals surface area contributed by atoms with Crippen LogP contribution in [0.15, 0.2) is 217 Å². The molecule has 8 aromatic rings. The van der Waals surface area contributed by atoms with Crippen molar-refractivity contribution in [1.29, 1.82) is 0 Å². The quantitative estimate of drug-likeness (QED) is 0.156. The molecule has 1 heteroatoms. The molecular weight excluding hydrogens is 771 g/mol. The largest absolute Gasteiger partial charge is 0.328 e. The Labute approximate surface area is 378 Å². The van der Waals surface area contributed by atoms with Crippen molar-refractivity contribution < 1.29 is 0 Å². The Balaban J connectivity index is 1.02. The lowest BCUT2D eigenvalue weighted by atomic mass is 9.49. The molecule has 0 radical (unpaired) electrons. The van der Waals surface area contributed by atoms with Gasteiger partial charge < -0.3 is 4.90 Å². The third-order valence-corrected chi connectivity index (χ3v) is 15.8. The van der Waals surface area contributed by atoms with Crippen molar-refractivity contribution in [3.8, 4) is 33.4 Å². The highest BCUT2D eigenvalue weighted by Crippen LogP contribution is 2.66. The molecule has 8 aromatic carbocycles. The molecule has 0 spiro atoms. The fourth-order valence-corrected chi connectivity index (χ4v) is 12.7. The zero-order valence-electron chi connectivity index (χ0n) is 37.7. The molecule has 64 heavy (non-hydrogen) atoms. The van der Waals surface area contributed by atoms with Gasteiger partial charge in [-0.25, -0.2) is 0 Å². The Bertz CT molecular complexity index is 3310. The van der Waals surface area contributed by atoms with Crippen molar-refractivity contribution in [3.63, 3.8) is 0 Å². The van der Waals surface area contributed by atoms with Gasteiger partial charge in [0.05, 0.1) is 5.54 Å². The van der Waals surface area contributed by atoms with E-state index in [0.29, 0.717) is 0 Å². The SMILES string of the molecule is CC1C=C(c2ccccc2)C2(C)C3=C1C(C)(c1ccc4c(c1)C(C)(C)c1ccccc1-4)C=CC3(C)N(c1ccc(-c3cccc(-c4ccc5ccccc5c4)c3)cc1)c1ccccc12. The maximum absolute atomic E-state index is 2.65. The molecule has 0 fully saturated rings. The Morgan fingerprint density at radius 2 is 1.08 bits per heavy atom. The van der Waals surface area contributed by atoms with E-state index < -0.39 is 11.0 Å². The number of hydrogen-bond acceptors (Lipinski definition) is 1. The monoisotopic (exact) mass is 823 g/mol. The van der Waals surface area contributed by atoms with Crippen LogP contribution in [0, 0.1) is 5.92 Å². The van der Waals surface area contributed by atoms with Gasteiger partial charge in [-0.3, -0.25) is 0 Å². The summed E-state index contributed by atoms with van der Waals surface area (Å²) in [6.07, 6.45) is 7.73. The van der Waals surface area contributed by atoms with Crippen molar-refractivity contribution in [2.75, 3.05) is 4.90 Å². The molecule has 310 valence electrons. The van der Waals surface area contributed by atoms with E-state index >= 15 is 0 Å². The summed E-state index contributed by atoms with van der Waals surface area (Å²) in [6.45, 7) is 14.7. The summed E-state index contributed by atoms with van der Waals surface area (Å²) in [5, 5.41) is 2.53. The van der Waals surface area contributed by atoms with E-state index in [2.05, 4.69) is 253 Å². The highest BCUT2D eigenvalue weighted by Gasteiger charge is 2.59. The molecule has 0 aromatic heterocycles. The molecule has 4 aliphatic rings. The van der Waals surface area contributed by atoms with Gasteiger partial charge in [0.15, 0.2) is 0 Å². The summed E-state index contributed by atoms with van der Waals surface area (Å²) in [4.78, 5) is 2.65. The molecule has 12 rings (SSSR count). The van der Waals surface area contributed by atoms with Gasteiger partial charge in [-0.1, -0.05) is 197 Å². The number of anilines is 2. The zero-order chi connectivity index (χ0) is 43.6. The minimum Gasteiger partial charge on any atom is -0.328 e. The molecule has 3 aliphatic carbocycles. The number of hydrogen-bond donors (Lipinski definition) is 0. The second kappa shape index (κ2) is 13.8. The average Bonchev–Trinajstić information content (AvgIpc) is 3.56. The van der Waals surface area contributed by atoms with Crippen LogP contribution in [-0.4, -0.2) is 5.54 Å². The maximum Gasteiger partial charge on any atom is 0.0833 e. The van der Waals surface area contributed by atoms with E-state index in [1.165, 1.54) is 100 Å². The highest BCUT2D eigenvalue weighted by atomic mass is 15.2. The smallest absolute Gasteiger partial charge is 0.0833 e. The fourth-order valence-electron chi connectivity index (χ4n) is 12.7. The van der Waals surface area contributed by atoms with Gasteiger partial charge in [-0.05, 0) is 146 Å². The summed E-state index contributed by atoms with van der Waals surface area (Å²) < 4.78 is 0. The molecule has 0 N–H and O–H groups in total. The van der Waals surface area contributed by atoms with E-state index in [9.17, 15) is 0 Å². The van der Waals surface area contributed by atoms with Gasteiger partial charge in [-0.15, -0.1) is 0 Å². The van der Waals surface area contributed by atoms with Gasteiger partial charge in [0.25, 0.3) is 0 Å². The fraction of sp³-hybridized carbons (Fsp3) is 0.175. The number of allylic oxidation sites excluding steroid dienone is 4. The highest BCUT2D eigenvalue weighted by molar-refractivity contribution is 5.93. The van der Waals surface area contributed by atoms with Crippen LogP contribution in [0.4, 0.5) is 11.4 Å². The van der Waals surface area contributed by atoms with E-state index in [4.69, 9.17) is 0 Å². The van der Waals surface area contributed by atoms with Crippen LogP contribution in [-0.2, 0) is 16.2 Å². The van der Waals surface area contributed by atoms with Gasteiger partial charge >= 0.3 is 0 Å². The van der Waals surface area contributed by atoms with Crippen LogP contribution in [0.25, 0.3) is 49.7 Å². The van der Waals surface area contributed by atoms with Gasteiger partial charge in [0.1, 0.15) is 0 Å². The molecular formula is C63H53N. The van der Waals surface area contributed by atoms with E-state index in [1.54, 1.807) is 0 Å². The van der Waals surface area contributed by atoms with E-state index in [0.717, 1.165) is 0 Å². The van der Waals surface area contributed by atoms with Crippen LogP contribution in [0.3, 0.4) is 0 Å². The number of rotatable bonds is 5. The summed E-state index contributed by atoms with van der Waals surface area (Å²) >= 11 is 0. The minimum atomic E-state index is -0.468. The van der Waals surface area contributed by atoms with Crippen LogP contribution in [0.1, 0.15) is 69.4 Å². The first-order valence-corrected chi connectivity index (χ1v) is 23.1. The average molecular weight is 824 g/mol. The number of para-hydroxylation sites is 1. The first-order chi connectivity index (χ1) is 31.0. The molecule has 4 unspecified atom stereocenters. The molecule has 1 heterocycles. The lowest BCUT2D eigenvalue weighted by molar-refractivity contribution is 0.449. The summed E-state index contributed by atoms with van der Waals surface area (Å²) in [5.74, 6) is 0.190. The Kier molecular flexibility index (Phi) is 8.32. The lowest BCUT2D eigenvalue weighted by Gasteiger charge is -2.61. The molecule has 0 saturated carbocycles. The molecule has 0 saturated heterocycles. The summed E-state index contributed by atoms with van der Waals surface area (Å²) in [7, 11) is 0. The van der Waals surface area contributed by atoms with Crippen LogP contribution in [0.5, 0.6) is 0 Å². The molecule has 1 nitrogen and oxygen atoms in total. The number of benzene rings is 8. The van der Waals surface area contributed by atoms with Crippen LogP contribution >= 0.6 is 0 Å². The normalized spacial score (nSPS) is 23.6. The standard InChI is InChI=1S/C63H53N/c1-41-37-55(44-18-8-7-9-19-44)63(6)54-25-14-15-26-57(54)64(50-32-29-43(30-33-50)46-21-16-22-47(38-46)48-28-27-42-17-10-11-20-45(42)39-48)62(5)36-35-61(4,58(41)59(62)63)49-31-34-52-51-23-12-13-24-53(51)60(2,3)56(52)40-49/h7-41H,1-6H3. The van der Waals surface area contributed by atoms with Crippen molar-refractivity contribution in [2.24, 2.45) is 5.92 Å². The molecule has 1 aliphatic heterocycles. The second-order valence-corrected chi connectivity index (χ2v) is 19.8. The second-order valence-electron chi connectivity index (χ2n) is 19.8. The first-order valence-electron chi connectivity index (χ1n) is 23.1. The van der Waals surface area contributed by atoms with E-state index in [-0.39, 0.29) is 16.7 Å². The predicted octanol–water partition coefficient (Wildman–Crippen LogP) is 16.2. The Morgan fingerprint density at radius 3 is 1.88 bits per heavy atom. The molecule has 0 amide bonds. The molecule has 4 atom stereocenters. The summed E-state index contributed by atoms with van der Waals surface area (Å²) in [6, 6.07) is 70.5. The van der Waals surface area contributed by atoms with Crippen molar-refractivity contribution >= 4 is 27.7 Å². The third-order valence-electron chi connectivity index (χ3n) is 15.8. The Morgan fingerprint density at radius 1 is 0.453 bits per heavy atom. The maximum atomic E-state index is 2.65. The topological polar surface area (TPSA) is 3.24 Å². The van der Waals surface area contributed by atoms with Crippen LogP contribution < -0.4 is 4.90 Å². The predicted molar refractivity (Wildman–Crippen MR) is 270 cm³/mol. The van der Waals surface area contributed by atoms with Crippen molar-refractivity contribution in [2.45, 2.75) is 63.3 Å². The number of fused-ring (bicyclic) bond motifs is 6. The summed E-state index contributed by atoms with van der Waals surface area (Å²) in [5.41, 5.74) is 20.0. The van der Waals surface area contributed by atoms with Crippen LogP contribution in [0.2, 0.25) is 0 Å². The lowest BCUT2D eigenvalue weighted by Crippen LogP contribution is -2.58. The Hall–Kier alpha value is -6.96. The zero-order valence-corrected chi connectivity index (χ0v) is 37.7. The first kappa shape index (κ1) is 38.7. The van der Waals surface area contributed by atoms with Gasteiger partial charge in [0, 0.05) is 27.6 Å². The van der Waals surface area contributed by atoms with Gasteiger partial charge in [0.2, 0.25) is 0 Å².